The highest BCUT2D eigenvalue weighted by Gasteiger charge is 2.72. The molecule has 0 aromatic heterocycles. The number of carboxylic acid groups (broad SMARTS) is 2. The predicted molar refractivity (Wildman–Crippen MR) is 146 cm³/mol. The summed E-state index contributed by atoms with van der Waals surface area (Å²) in [5.41, 5.74) is -0.134. The number of rotatable bonds is 11. The molecule has 1 aliphatic heterocycles. The van der Waals surface area contributed by atoms with Gasteiger partial charge in [0.15, 0.2) is 29.8 Å². The maximum Gasteiger partial charge on any atom is 0.336 e. The van der Waals surface area contributed by atoms with E-state index in [1.807, 2.05) is 17.4 Å². The van der Waals surface area contributed by atoms with Gasteiger partial charge in [0.25, 0.3) is 5.91 Å². The molecule has 4 aliphatic rings. The summed E-state index contributed by atoms with van der Waals surface area (Å²) in [5, 5.41) is 42.5. The number of ether oxygens (including phenoxy) is 4. The highest BCUT2D eigenvalue weighted by molar-refractivity contribution is 5.90. The Labute approximate surface area is 251 Å². The molecule has 14 heteroatoms. The van der Waals surface area contributed by atoms with Crippen LogP contribution in [0.1, 0.15) is 57.1 Å². The lowest BCUT2D eigenvalue weighted by atomic mass is 9.45. The van der Waals surface area contributed by atoms with Gasteiger partial charge in [0.05, 0.1) is 31.0 Å². The number of aliphatic hydroxyl groups is 2. The summed E-state index contributed by atoms with van der Waals surface area (Å²) < 4.78 is 22.5. The van der Waals surface area contributed by atoms with Crippen molar-refractivity contribution in [3.8, 4) is 11.5 Å². The van der Waals surface area contributed by atoms with Crippen LogP contribution in [-0.2, 0) is 45.3 Å². The third kappa shape index (κ3) is 4.95. The fourth-order valence-corrected chi connectivity index (χ4v) is 7.35. The summed E-state index contributed by atoms with van der Waals surface area (Å²) in [6.45, 7) is 3.21. The van der Waals surface area contributed by atoms with Crippen LogP contribution < -0.4 is 14.8 Å². The van der Waals surface area contributed by atoms with Crippen LogP contribution in [0.25, 0.3) is 0 Å². The predicted octanol–water partition coefficient (Wildman–Crippen LogP) is 0.585. The third-order valence-corrected chi connectivity index (χ3v) is 9.46. The van der Waals surface area contributed by atoms with Gasteiger partial charge in [-0.1, -0.05) is 13.0 Å². The van der Waals surface area contributed by atoms with Crippen molar-refractivity contribution in [1.29, 1.82) is 0 Å². The van der Waals surface area contributed by atoms with Crippen LogP contribution in [-0.4, -0.2) is 87.3 Å². The van der Waals surface area contributed by atoms with E-state index in [1.54, 1.807) is 6.08 Å². The van der Waals surface area contributed by atoms with E-state index in [1.165, 1.54) is 7.11 Å². The van der Waals surface area contributed by atoms with Crippen molar-refractivity contribution in [2.24, 2.45) is 11.8 Å². The van der Waals surface area contributed by atoms with Crippen molar-refractivity contribution in [3.05, 3.63) is 35.1 Å². The van der Waals surface area contributed by atoms with E-state index in [2.05, 4.69) is 6.92 Å². The van der Waals surface area contributed by atoms with Crippen molar-refractivity contribution >= 4 is 29.8 Å². The molecule has 1 spiro atoms. The largest absolute Gasteiger partial charge is 0.493 e. The third-order valence-electron chi connectivity index (χ3n) is 9.46. The van der Waals surface area contributed by atoms with Crippen LogP contribution in [0.4, 0.5) is 0 Å². The number of methoxy groups -OCH3 is 1. The second-order valence-corrected chi connectivity index (χ2v) is 11.9. The van der Waals surface area contributed by atoms with Crippen LogP contribution in [0, 0.1) is 11.8 Å². The molecule has 1 unspecified atom stereocenters. The Morgan fingerprint density at radius 1 is 1.16 bits per heavy atom. The van der Waals surface area contributed by atoms with Gasteiger partial charge in [-0.15, -0.1) is 0 Å². The fourth-order valence-electron chi connectivity index (χ4n) is 7.35. The Kier molecular flexibility index (Phi) is 8.10. The second kappa shape index (κ2) is 11.4. The van der Waals surface area contributed by atoms with Crippen molar-refractivity contribution in [2.45, 2.75) is 87.7 Å². The van der Waals surface area contributed by atoms with E-state index in [0.29, 0.717) is 24.3 Å². The molecule has 14 nitrogen and oxygen atoms in total. The smallest absolute Gasteiger partial charge is 0.336 e. The molecule has 0 radical (unpaired) electrons. The molecular formula is C30H35NO13. The SMILES string of the molecule is COc1ccc2c3c1O[C@H]1C(OC(=O)C[C@H](O)C(=O)O[C@@H](C)C(=O)N[C@H](CC(=O)O)C(=O)O)=CC[C@@]4(O)[C@@H](C2)C(C)CC[C@]314. The number of hydrogen-bond donors (Lipinski definition) is 5. The topological polar surface area (TPSA) is 215 Å². The maximum atomic E-state index is 12.9. The Morgan fingerprint density at radius 3 is 2.55 bits per heavy atom. The first-order chi connectivity index (χ1) is 20.7. The molecule has 44 heavy (non-hydrogen) atoms. The summed E-state index contributed by atoms with van der Waals surface area (Å²) in [6, 6.07) is 2.03. The van der Waals surface area contributed by atoms with Crippen LogP contribution in [0.2, 0.25) is 0 Å². The Bertz CT molecular complexity index is 1440. The minimum atomic E-state index is -2.03. The number of aliphatic hydroxyl groups excluding tert-OH is 1. The molecule has 1 aromatic rings. The van der Waals surface area contributed by atoms with E-state index >= 15 is 0 Å². The number of carbonyl (C=O) groups excluding carboxylic acids is 3. The van der Waals surface area contributed by atoms with Gasteiger partial charge in [0.2, 0.25) is 0 Å². The number of esters is 2. The maximum absolute atomic E-state index is 12.9. The van der Waals surface area contributed by atoms with Gasteiger partial charge in [-0.25, -0.2) is 9.59 Å². The molecule has 1 saturated carbocycles. The number of amides is 1. The van der Waals surface area contributed by atoms with E-state index in [-0.39, 0.29) is 24.0 Å². The zero-order valence-electron chi connectivity index (χ0n) is 24.4. The van der Waals surface area contributed by atoms with Crippen LogP contribution in [0.15, 0.2) is 24.0 Å². The molecule has 1 aromatic carbocycles. The van der Waals surface area contributed by atoms with Gasteiger partial charge in [-0.05, 0) is 62.1 Å². The molecule has 5 N–H and O–H groups in total. The van der Waals surface area contributed by atoms with E-state index < -0.39 is 78.0 Å². The van der Waals surface area contributed by atoms with E-state index in [4.69, 9.17) is 29.2 Å². The molecule has 5 rings (SSSR count). The number of aliphatic carboxylic acids is 2. The second-order valence-electron chi connectivity index (χ2n) is 11.9. The van der Waals surface area contributed by atoms with Gasteiger partial charge in [-0.2, -0.15) is 0 Å². The van der Waals surface area contributed by atoms with Gasteiger partial charge in [-0.3, -0.25) is 14.4 Å². The van der Waals surface area contributed by atoms with Gasteiger partial charge >= 0.3 is 23.9 Å². The zero-order valence-corrected chi connectivity index (χ0v) is 24.4. The Balaban J connectivity index is 1.27. The molecular weight excluding hydrogens is 582 g/mol. The van der Waals surface area contributed by atoms with Crippen molar-refractivity contribution in [1.82, 2.24) is 5.32 Å². The van der Waals surface area contributed by atoms with Crippen molar-refractivity contribution < 1.29 is 63.3 Å². The number of nitrogens with one attached hydrogen (secondary N) is 1. The van der Waals surface area contributed by atoms with Crippen LogP contribution >= 0.6 is 0 Å². The highest BCUT2D eigenvalue weighted by Crippen LogP contribution is 2.68. The lowest BCUT2D eigenvalue weighted by molar-refractivity contribution is -0.173. The van der Waals surface area contributed by atoms with E-state index in [0.717, 1.165) is 24.5 Å². The number of carbonyl (C=O) groups is 5. The molecule has 8 atom stereocenters. The fraction of sp³-hybridized carbons (Fsp3) is 0.567. The number of benzene rings is 1. The summed E-state index contributed by atoms with van der Waals surface area (Å²) in [6.07, 6.45) is -2.35. The molecule has 238 valence electrons. The normalized spacial score (nSPS) is 29.5. The quantitative estimate of drug-likeness (QED) is 0.215. The average Bonchev–Trinajstić information content (AvgIpc) is 3.31. The first-order valence-corrected chi connectivity index (χ1v) is 14.4. The average molecular weight is 618 g/mol. The minimum Gasteiger partial charge on any atom is -0.493 e. The van der Waals surface area contributed by atoms with Crippen molar-refractivity contribution in [3.63, 3.8) is 0 Å². The van der Waals surface area contributed by atoms with Gasteiger partial charge in [0, 0.05) is 5.56 Å². The number of carboxylic acids is 2. The van der Waals surface area contributed by atoms with Crippen LogP contribution in [0.5, 0.6) is 11.5 Å². The van der Waals surface area contributed by atoms with Crippen LogP contribution in [0.3, 0.4) is 0 Å². The highest BCUT2D eigenvalue weighted by atomic mass is 16.6. The molecule has 2 bridgehead atoms. The minimum absolute atomic E-state index is 0.0478. The van der Waals surface area contributed by atoms with Crippen molar-refractivity contribution in [2.75, 3.05) is 7.11 Å². The lowest BCUT2D eigenvalue weighted by Crippen LogP contribution is -2.69. The molecule has 1 heterocycles. The first kappa shape index (κ1) is 31.3. The standard InChI is InChI=1S/C30H35NO13/c1-13-6-8-29-23-15-4-5-19(41-3)24(23)44-25(29)20(7-9-30(29,40)16(13)10-15)43-22(35)12-18(32)28(39)42-14(2)26(36)31-17(27(37)38)11-21(33)34/h4-5,7,13-14,16-18,25,32,40H,6,8-12H2,1-3H3,(H,31,36)(H,33,34)(H,37,38)/t13?,14-,16-,17+,18-,25-,29-,30+/m0/s1. The zero-order chi connectivity index (χ0) is 32.1. The first-order valence-electron chi connectivity index (χ1n) is 14.4. The molecule has 1 amide bonds. The Hall–Kier alpha value is -4.17. The Morgan fingerprint density at radius 2 is 1.89 bits per heavy atom. The summed E-state index contributed by atoms with van der Waals surface area (Å²) in [5.74, 6) is -5.19. The lowest BCUT2D eigenvalue weighted by Gasteiger charge is -2.61. The molecule has 1 fully saturated rings. The molecule has 0 saturated heterocycles. The number of hydrogen-bond acceptors (Lipinski definition) is 11. The monoisotopic (exact) mass is 617 g/mol. The summed E-state index contributed by atoms with van der Waals surface area (Å²) >= 11 is 0. The summed E-state index contributed by atoms with van der Waals surface area (Å²) in [4.78, 5) is 59.6. The van der Waals surface area contributed by atoms with E-state index in [9.17, 15) is 34.2 Å². The van der Waals surface area contributed by atoms with Gasteiger partial charge in [0.1, 0.15) is 11.8 Å². The summed E-state index contributed by atoms with van der Waals surface area (Å²) in [7, 11) is 1.52. The molecule has 3 aliphatic carbocycles. The van der Waals surface area contributed by atoms with Gasteiger partial charge < -0.3 is 44.7 Å².